The second-order valence-corrected chi connectivity index (χ2v) is 5.39. The van der Waals surface area contributed by atoms with E-state index in [-0.39, 0.29) is 18.6 Å². The molecule has 2 heterocycles. The molecule has 8 heteroatoms. The number of nitrogens with zero attached hydrogens (tertiary/aromatic N) is 2. The zero-order valence-electron chi connectivity index (χ0n) is 12.4. The average Bonchev–Trinajstić information content (AvgIpc) is 2.53. The Morgan fingerprint density at radius 1 is 1.29 bits per heavy atom. The van der Waals surface area contributed by atoms with E-state index in [1.165, 1.54) is 0 Å². The van der Waals surface area contributed by atoms with Gasteiger partial charge in [0.1, 0.15) is 0 Å². The van der Waals surface area contributed by atoms with E-state index in [9.17, 15) is 9.59 Å². The molecule has 0 bridgehead atoms. The molecule has 2 aliphatic heterocycles. The predicted molar refractivity (Wildman–Crippen MR) is 75.8 cm³/mol. The van der Waals surface area contributed by atoms with Crippen LogP contribution < -0.4 is 11.1 Å². The molecule has 2 unspecified atom stereocenters. The Kier molecular flexibility index (Phi) is 5.77. The van der Waals surface area contributed by atoms with E-state index in [0.717, 1.165) is 26.3 Å². The molecular weight excluding hydrogens is 276 g/mol. The van der Waals surface area contributed by atoms with Gasteiger partial charge < -0.3 is 25.4 Å². The molecule has 0 radical (unpaired) electrons. The molecule has 0 spiro atoms. The summed E-state index contributed by atoms with van der Waals surface area (Å²) in [4.78, 5) is 27.1. The van der Waals surface area contributed by atoms with Gasteiger partial charge in [0.25, 0.3) is 0 Å². The molecule has 2 rings (SSSR count). The van der Waals surface area contributed by atoms with Crippen molar-refractivity contribution in [1.29, 1.82) is 0 Å². The third-order valence-corrected chi connectivity index (χ3v) is 3.89. The zero-order chi connectivity index (χ0) is 15.2. The minimum atomic E-state index is -0.707. The number of amides is 3. The first kappa shape index (κ1) is 16.0. The third kappa shape index (κ3) is 4.55. The standard InChI is InChI=1S/C13H24N4O4/c1-10(16-2-5-20-6-3-16)8-15-13(19)17-4-7-21-11(9-17)12(14)18/h10-11H,2-9H2,1H3,(H2,14,18)(H,15,19). The van der Waals surface area contributed by atoms with Crippen LogP contribution in [0.4, 0.5) is 4.79 Å². The van der Waals surface area contributed by atoms with Gasteiger partial charge in [0.15, 0.2) is 6.10 Å². The van der Waals surface area contributed by atoms with Gasteiger partial charge in [0.05, 0.1) is 26.4 Å². The zero-order valence-corrected chi connectivity index (χ0v) is 12.4. The van der Waals surface area contributed by atoms with E-state index in [2.05, 4.69) is 17.1 Å². The number of nitrogens with one attached hydrogen (secondary N) is 1. The minimum absolute atomic E-state index is 0.176. The number of rotatable bonds is 4. The largest absolute Gasteiger partial charge is 0.379 e. The Balaban J connectivity index is 1.74. The van der Waals surface area contributed by atoms with Crippen LogP contribution in [-0.4, -0.2) is 86.4 Å². The Morgan fingerprint density at radius 2 is 2.00 bits per heavy atom. The summed E-state index contributed by atoms with van der Waals surface area (Å²) in [5, 5.41) is 2.91. The van der Waals surface area contributed by atoms with Gasteiger partial charge in [-0.3, -0.25) is 9.69 Å². The second kappa shape index (κ2) is 7.58. The molecule has 2 atom stereocenters. The lowest BCUT2D eigenvalue weighted by molar-refractivity contribution is -0.133. The summed E-state index contributed by atoms with van der Waals surface area (Å²) in [6.45, 7) is 6.92. The van der Waals surface area contributed by atoms with Crippen molar-refractivity contribution in [3.05, 3.63) is 0 Å². The topological polar surface area (TPSA) is 97.1 Å². The fourth-order valence-electron chi connectivity index (χ4n) is 2.50. The van der Waals surface area contributed by atoms with Crippen molar-refractivity contribution in [2.75, 3.05) is 52.5 Å². The van der Waals surface area contributed by atoms with Crippen LogP contribution >= 0.6 is 0 Å². The number of hydrogen-bond acceptors (Lipinski definition) is 5. The molecule has 3 N–H and O–H groups in total. The number of nitrogens with two attached hydrogens (primary N) is 1. The maximum Gasteiger partial charge on any atom is 0.317 e. The Hall–Kier alpha value is -1.38. The summed E-state index contributed by atoms with van der Waals surface area (Å²) < 4.78 is 10.5. The monoisotopic (exact) mass is 300 g/mol. The molecule has 2 fully saturated rings. The van der Waals surface area contributed by atoms with Crippen LogP contribution in [0.1, 0.15) is 6.92 Å². The van der Waals surface area contributed by atoms with Crippen molar-refractivity contribution in [1.82, 2.24) is 15.1 Å². The average molecular weight is 300 g/mol. The Labute approximate surface area is 124 Å². The van der Waals surface area contributed by atoms with Crippen LogP contribution in [0.15, 0.2) is 0 Å². The quantitative estimate of drug-likeness (QED) is 0.666. The highest BCUT2D eigenvalue weighted by atomic mass is 16.5. The van der Waals surface area contributed by atoms with E-state index in [4.69, 9.17) is 15.2 Å². The fraction of sp³-hybridized carbons (Fsp3) is 0.846. The molecule has 2 aliphatic rings. The van der Waals surface area contributed by atoms with E-state index >= 15 is 0 Å². The molecule has 120 valence electrons. The Bertz CT molecular complexity index is 373. The molecule has 8 nitrogen and oxygen atoms in total. The van der Waals surface area contributed by atoms with Crippen LogP contribution in [-0.2, 0) is 14.3 Å². The molecule has 0 aliphatic carbocycles. The summed E-state index contributed by atoms with van der Waals surface area (Å²) in [6.07, 6.45) is -0.707. The second-order valence-electron chi connectivity index (χ2n) is 5.39. The van der Waals surface area contributed by atoms with Crippen LogP contribution in [0.2, 0.25) is 0 Å². The van der Waals surface area contributed by atoms with Gasteiger partial charge in [-0.05, 0) is 6.92 Å². The Morgan fingerprint density at radius 3 is 2.67 bits per heavy atom. The molecule has 0 aromatic heterocycles. The lowest BCUT2D eigenvalue weighted by Gasteiger charge is -2.34. The van der Waals surface area contributed by atoms with Crippen LogP contribution in [0.5, 0.6) is 0 Å². The number of primary amides is 1. The molecule has 0 aromatic rings. The number of morpholine rings is 2. The molecular formula is C13H24N4O4. The minimum Gasteiger partial charge on any atom is -0.379 e. The summed E-state index contributed by atoms with van der Waals surface area (Å²) in [6, 6.07) is 0.0792. The lowest BCUT2D eigenvalue weighted by atomic mass is 10.2. The van der Waals surface area contributed by atoms with Gasteiger partial charge in [-0.15, -0.1) is 0 Å². The number of ether oxygens (including phenoxy) is 2. The highest BCUT2D eigenvalue weighted by Crippen LogP contribution is 2.06. The van der Waals surface area contributed by atoms with E-state index in [1.807, 2.05) is 0 Å². The van der Waals surface area contributed by atoms with Crippen LogP contribution in [0, 0.1) is 0 Å². The van der Waals surface area contributed by atoms with E-state index in [0.29, 0.717) is 19.7 Å². The number of carbonyl (C=O) groups excluding carboxylic acids is 2. The summed E-state index contributed by atoms with van der Waals surface area (Å²) in [5.74, 6) is -0.533. The van der Waals surface area contributed by atoms with E-state index in [1.54, 1.807) is 4.90 Å². The maximum absolute atomic E-state index is 12.1. The third-order valence-electron chi connectivity index (χ3n) is 3.89. The maximum atomic E-state index is 12.1. The van der Waals surface area contributed by atoms with Crippen molar-refractivity contribution < 1.29 is 19.1 Å². The molecule has 3 amide bonds. The first-order chi connectivity index (χ1) is 10.1. The predicted octanol–water partition coefficient (Wildman–Crippen LogP) is -1.40. The number of hydrogen-bond donors (Lipinski definition) is 2. The SMILES string of the molecule is CC(CNC(=O)N1CCOC(C(N)=O)C1)N1CCOCC1. The highest BCUT2D eigenvalue weighted by Gasteiger charge is 2.28. The molecule has 0 saturated carbocycles. The van der Waals surface area contributed by atoms with Crippen LogP contribution in [0.25, 0.3) is 0 Å². The first-order valence-corrected chi connectivity index (χ1v) is 7.33. The van der Waals surface area contributed by atoms with Gasteiger partial charge in [-0.1, -0.05) is 0 Å². The van der Waals surface area contributed by atoms with E-state index < -0.39 is 12.0 Å². The lowest BCUT2D eigenvalue weighted by Crippen LogP contribution is -2.55. The van der Waals surface area contributed by atoms with Gasteiger partial charge in [0.2, 0.25) is 5.91 Å². The van der Waals surface area contributed by atoms with Crippen molar-refractivity contribution in [3.8, 4) is 0 Å². The van der Waals surface area contributed by atoms with Gasteiger partial charge in [0, 0.05) is 32.2 Å². The molecule has 2 saturated heterocycles. The smallest absolute Gasteiger partial charge is 0.317 e. The summed E-state index contributed by atoms with van der Waals surface area (Å²) >= 11 is 0. The summed E-state index contributed by atoms with van der Waals surface area (Å²) in [5.41, 5.74) is 5.21. The first-order valence-electron chi connectivity index (χ1n) is 7.33. The highest BCUT2D eigenvalue weighted by molar-refractivity contribution is 5.81. The number of urea groups is 1. The van der Waals surface area contributed by atoms with Crippen molar-refractivity contribution in [3.63, 3.8) is 0 Å². The number of carbonyl (C=O) groups is 2. The van der Waals surface area contributed by atoms with Gasteiger partial charge in [-0.25, -0.2) is 4.79 Å². The fourth-order valence-corrected chi connectivity index (χ4v) is 2.50. The van der Waals surface area contributed by atoms with Crippen molar-refractivity contribution in [2.45, 2.75) is 19.1 Å². The van der Waals surface area contributed by atoms with Crippen molar-refractivity contribution in [2.24, 2.45) is 5.73 Å². The van der Waals surface area contributed by atoms with Gasteiger partial charge in [-0.2, -0.15) is 0 Å². The van der Waals surface area contributed by atoms with Gasteiger partial charge >= 0.3 is 6.03 Å². The summed E-state index contributed by atoms with van der Waals surface area (Å²) in [7, 11) is 0. The van der Waals surface area contributed by atoms with Crippen molar-refractivity contribution >= 4 is 11.9 Å². The van der Waals surface area contributed by atoms with Crippen LogP contribution in [0.3, 0.4) is 0 Å². The molecule has 0 aromatic carbocycles. The molecule has 21 heavy (non-hydrogen) atoms. The normalized spacial score (nSPS) is 25.4.